The van der Waals surface area contributed by atoms with Crippen molar-refractivity contribution in [1.29, 1.82) is 0 Å². The Morgan fingerprint density at radius 2 is 1.67 bits per heavy atom. The van der Waals surface area contributed by atoms with Crippen LogP contribution in [-0.2, 0) is 29.0 Å². The Hall–Kier alpha value is -6.15. The number of fused-ring (bicyclic) bond motifs is 1. The van der Waals surface area contributed by atoms with Crippen LogP contribution in [-0.4, -0.2) is 121 Å². The minimum Gasteiger partial charge on any atom is -0.490 e. The maximum absolute atomic E-state index is 13.3. The van der Waals surface area contributed by atoms with Gasteiger partial charge in [-0.1, -0.05) is 29.8 Å². The summed E-state index contributed by atoms with van der Waals surface area (Å²) >= 11 is 6.50. The quantitative estimate of drug-likeness (QED) is 0.0654. The molecule has 0 bridgehead atoms. The number of carbonyl (C=O) groups excluding carboxylic acids is 5. The maximum Gasteiger partial charge on any atom is 0.266 e. The lowest BCUT2D eigenvalue weighted by molar-refractivity contribution is -0.136. The molecule has 0 radical (unpaired) electrons. The van der Waals surface area contributed by atoms with Crippen LogP contribution in [0.4, 0.5) is 23.1 Å². The molecule has 20 heteroatoms. The Morgan fingerprint density at radius 3 is 2.40 bits per heavy atom. The summed E-state index contributed by atoms with van der Waals surface area (Å²) in [6.07, 6.45) is 3.08. The monoisotopic (exact) mass is 958 g/mol. The first kappa shape index (κ1) is 48.8. The largest absolute Gasteiger partial charge is 0.490 e. The Bertz CT molecular complexity index is 2660. The number of carbonyl (C=O) groups is 5. The number of sulfone groups is 1. The zero-order valence-electron chi connectivity index (χ0n) is 38.0. The van der Waals surface area contributed by atoms with E-state index in [-0.39, 0.29) is 102 Å². The molecule has 2 saturated heterocycles. The molecule has 2 fully saturated rings. The number of nitrogens with one attached hydrogen (secondary N) is 4. The van der Waals surface area contributed by atoms with E-state index in [9.17, 15) is 32.4 Å². The number of para-hydroxylation sites is 1. The van der Waals surface area contributed by atoms with Gasteiger partial charge in [0.1, 0.15) is 29.2 Å². The van der Waals surface area contributed by atoms with Crippen LogP contribution in [0, 0.1) is 6.92 Å². The van der Waals surface area contributed by atoms with Crippen LogP contribution >= 0.6 is 11.6 Å². The van der Waals surface area contributed by atoms with Crippen molar-refractivity contribution in [2.24, 2.45) is 0 Å². The number of amides is 5. The van der Waals surface area contributed by atoms with Gasteiger partial charge in [0, 0.05) is 13.0 Å². The molecule has 4 heterocycles. The number of piperidine rings is 2. The molecule has 0 saturated carbocycles. The third-order valence-corrected chi connectivity index (χ3v) is 14.2. The molecule has 5 amide bonds. The molecular formula is C47H55ClN8O10S. The number of rotatable bonds is 19. The van der Waals surface area contributed by atoms with Crippen LogP contribution in [0.15, 0.2) is 65.7 Å². The van der Waals surface area contributed by atoms with Gasteiger partial charge in [0.2, 0.25) is 23.7 Å². The van der Waals surface area contributed by atoms with E-state index in [1.807, 2.05) is 26.8 Å². The van der Waals surface area contributed by atoms with Crippen LogP contribution in [0.2, 0.25) is 5.02 Å². The van der Waals surface area contributed by atoms with E-state index < -0.39 is 44.8 Å². The van der Waals surface area contributed by atoms with Gasteiger partial charge in [-0.05, 0) is 120 Å². The Balaban J connectivity index is 0.867. The molecule has 356 valence electrons. The third-order valence-electron chi connectivity index (χ3n) is 11.7. The first-order valence-electron chi connectivity index (χ1n) is 22.3. The second-order valence-electron chi connectivity index (χ2n) is 17.1. The minimum absolute atomic E-state index is 0.0266. The highest BCUT2D eigenvalue weighted by Gasteiger charge is 2.46. The van der Waals surface area contributed by atoms with Gasteiger partial charge < -0.3 is 30.2 Å². The number of hydrogen-bond donors (Lipinski definition) is 4. The number of imide groups is 2. The SMILES string of the molecule is Cc1cc(Nc2ncc(Cl)c(Nc3ccccc3S(=O)(=O)C(C)C)n2)c(OC(C)C)cc1C1CCN(CC(=O)NCCOCCOc2cccc3c2C(=O)N(C2CCC(=O)NC2=O)C3=O)CC1. The lowest BCUT2D eigenvalue weighted by Gasteiger charge is -2.32. The van der Waals surface area contributed by atoms with Crippen molar-refractivity contribution in [2.75, 3.05) is 56.6 Å². The molecule has 1 aromatic heterocycles. The zero-order valence-corrected chi connectivity index (χ0v) is 39.6. The number of halogens is 1. The van der Waals surface area contributed by atoms with Crippen molar-refractivity contribution in [3.63, 3.8) is 0 Å². The number of ether oxygens (including phenoxy) is 3. The number of hydrogen-bond acceptors (Lipinski definition) is 15. The average Bonchev–Trinajstić information content (AvgIpc) is 3.54. The van der Waals surface area contributed by atoms with E-state index in [2.05, 4.69) is 42.2 Å². The summed E-state index contributed by atoms with van der Waals surface area (Å²) < 4.78 is 43.9. The number of benzene rings is 3. The van der Waals surface area contributed by atoms with Crippen LogP contribution in [0.5, 0.6) is 11.5 Å². The fourth-order valence-electron chi connectivity index (χ4n) is 8.27. The molecule has 3 aliphatic heterocycles. The molecule has 1 unspecified atom stereocenters. The fraction of sp³-hybridized carbons (Fsp3) is 0.426. The third kappa shape index (κ3) is 11.3. The predicted molar refractivity (Wildman–Crippen MR) is 250 cm³/mol. The van der Waals surface area contributed by atoms with Crippen molar-refractivity contribution >= 4 is 74.1 Å². The molecular weight excluding hydrogens is 904 g/mol. The van der Waals surface area contributed by atoms with Crippen molar-refractivity contribution in [3.8, 4) is 11.5 Å². The van der Waals surface area contributed by atoms with Gasteiger partial charge in [-0.2, -0.15) is 4.98 Å². The average molecular weight is 960 g/mol. The maximum atomic E-state index is 13.3. The van der Waals surface area contributed by atoms with Gasteiger partial charge in [-0.3, -0.25) is 39.1 Å². The van der Waals surface area contributed by atoms with Gasteiger partial charge in [-0.15, -0.1) is 0 Å². The van der Waals surface area contributed by atoms with E-state index in [0.717, 1.165) is 42.0 Å². The number of aryl methyl sites for hydroxylation is 1. The first-order chi connectivity index (χ1) is 32.0. The molecule has 4 N–H and O–H groups in total. The van der Waals surface area contributed by atoms with Crippen LogP contribution < -0.4 is 30.7 Å². The summed E-state index contributed by atoms with van der Waals surface area (Å²) in [6.45, 7) is 11.7. The summed E-state index contributed by atoms with van der Waals surface area (Å²) in [5.74, 6) is -0.990. The summed E-state index contributed by atoms with van der Waals surface area (Å²) in [6, 6.07) is 14.3. The van der Waals surface area contributed by atoms with E-state index in [1.54, 1.807) is 50.2 Å². The summed E-state index contributed by atoms with van der Waals surface area (Å²) in [5.41, 5.74) is 3.40. The molecule has 67 heavy (non-hydrogen) atoms. The van der Waals surface area contributed by atoms with Crippen molar-refractivity contribution in [3.05, 3.63) is 88.1 Å². The van der Waals surface area contributed by atoms with Crippen molar-refractivity contribution in [1.82, 2.24) is 30.4 Å². The summed E-state index contributed by atoms with van der Waals surface area (Å²) in [4.78, 5) is 75.4. The van der Waals surface area contributed by atoms with E-state index in [4.69, 9.17) is 25.8 Å². The number of aromatic nitrogens is 2. The Kier molecular flexibility index (Phi) is 15.4. The minimum atomic E-state index is -3.60. The van der Waals surface area contributed by atoms with Gasteiger partial charge in [0.25, 0.3) is 11.8 Å². The topological polar surface area (TPSA) is 228 Å². The van der Waals surface area contributed by atoms with Gasteiger partial charge >= 0.3 is 0 Å². The molecule has 0 spiro atoms. The fourth-order valence-corrected chi connectivity index (χ4v) is 9.61. The van der Waals surface area contributed by atoms with Gasteiger partial charge in [0.05, 0.1) is 64.7 Å². The molecule has 18 nitrogen and oxygen atoms in total. The van der Waals surface area contributed by atoms with Crippen molar-refractivity contribution in [2.45, 2.75) is 88.5 Å². The molecule has 0 aliphatic carbocycles. The Morgan fingerprint density at radius 1 is 0.910 bits per heavy atom. The summed E-state index contributed by atoms with van der Waals surface area (Å²) in [7, 11) is -3.60. The lowest BCUT2D eigenvalue weighted by atomic mass is 9.86. The van der Waals surface area contributed by atoms with Crippen molar-refractivity contribution < 1.29 is 46.6 Å². The number of nitrogens with zero attached hydrogens (tertiary/aromatic N) is 4. The second kappa shape index (κ2) is 21.2. The normalized spacial score (nSPS) is 16.9. The number of anilines is 4. The smallest absolute Gasteiger partial charge is 0.266 e. The first-order valence-corrected chi connectivity index (χ1v) is 24.2. The predicted octanol–water partition coefficient (Wildman–Crippen LogP) is 5.69. The van der Waals surface area contributed by atoms with Gasteiger partial charge in [0.15, 0.2) is 15.7 Å². The molecule has 1 atom stereocenters. The van der Waals surface area contributed by atoms with Crippen LogP contribution in [0.3, 0.4) is 0 Å². The second-order valence-corrected chi connectivity index (χ2v) is 20.0. The van der Waals surface area contributed by atoms with Crippen LogP contribution in [0.25, 0.3) is 0 Å². The van der Waals surface area contributed by atoms with Gasteiger partial charge in [-0.25, -0.2) is 13.4 Å². The highest BCUT2D eigenvalue weighted by Crippen LogP contribution is 2.39. The number of likely N-dealkylation sites (tertiary alicyclic amines) is 1. The molecule has 4 aromatic rings. The molecule has 3 aliphatic rings. The lowest BCUT2D eigenvalue weighted by Crippen LogP contribution is -2.54. The standard InChI is InChI=1S/C47H55ClN8O10S/c1-27(2)66-38-24-32(29(5)23-35(38)52-47-50-25-33(48)43(54-47)51-34-10-6-7-12-39(34)67(62,63)28(3)4)30-15-18-55(19-16-30)26-41(58)49-17-20-64-21-22-65-37-11-8-9-31-42(37)46(61)56(45(31)60)36-13-14-40(57)53-44(36)59/h6-12,23-25,27-28,30,36H,13-22,26H2,1-5H3,(H,49,58)(H,53,57,59)(H2,50,51,52,54). The highest BCUT2D eigenvalue weighted by atomic mass is 35.5. The van der Waals surface area contributed by atoms with E-state index in [0.29, 0.717) is 17.1 Å². The van der Waals surface area contributed by atoms with Crippen LogP contribution in [0.1, 0.15) is 91.1 Å². The van der Waals surface area contributed by atoms with E-state index >= 15 is 0 Å². The summed E-state index contributed by atoms with van der Waals surface area (Å²) in [5, 5.41) is 11.0. The Labute approximate surface area is 394 Å². The zero-order chi connectivity index (χ0) is 48.0. The molecule has 7 rings (SSSR count). The highest BCUT2D eigenvalue weighted by molar-refractivity contribution is 7.92. The van der Waals surface area contributed by atoms with E-state index in [1.165, 1.54) is 12.3 Å². The molecule has 3 aromatic carbocycles.